The number of amides is 1. The third-order valence-corrected chi connectivity index (χ3v) is 7.88. The number of nitrogens with one attached hydrogen (secondary N) is 1. The number of ketones is 1. The highest BCUT2D eigenvalue weighted by molar-refractivity contribution is 7.92. The van der Waals surface area contributed by atoms with Gasteiger partial charge in [-0.25, -0.2) is 32.7 Å². The molecule has 0 aliphatic carbocycles. The van der Waals surface area contributed by atoms with Crippen molar-refractivity contribution in [2.45, 2.75) is 18.2 Å². The number of fused-ring (bicyclic) bond motifs is 1. The molecule has 0 saturated carbocycles. The first kappa shape index (κ1) is 28.5. The predicted octanol–water partition coefficient (Wildman–Crippen LogP) is 3.80. The van der Waals surface area contributed by atoms with Crippen molar-refractivity contribution in [1.82, 2.24) is 24.8 Å². The monoisotopic (exact) mass is 588 g/mol. The molecule has 1 N–H and O–H groups in total. The number of aromatic nitrogens is 4. The smallest absolute Gasteiger partial charge is 0.264 e. The summed E-state index contributed by atoms with van der Waals surface area (Å²) in [5, 5.41) is 0. The molecule has 0 bridgehead atoms. The van der Waals surface area contributed by atoms with Crippen LogP contribution in [-0.4, -0.2) is 65.1 Å². The SMILES string of the molecule is COc1ncc(-c2ccc3ncnc(C4=CCN(C(=O)/C=C/C(C)=O)CC4)c3n2)cc1NS(=O)(=O)c1ccccc1F. The topological polar surface area (TPSA) is 144 Å². The summed E-state index contributed by atoms with van der Waals surface area (Å²) in [7, 11) is -2.95. The predicted molar refractivity (Wildman–Crippen MR) is 153 cm³/mol. The lowest BCUT2D eigenvalue weighted by atomic mass is 10.0. The third kappa shape index (κ3) is 6.00. The summed E-state index contributed by atoms with van der Waals surface area (Å²) < 4.78 is 47.8. The van der Waals surface area contributed by atoms with Crippen LogP contribution in [0.15, 0.2) is 78.1 Å². The Kier molecular flexibility index (Phi) is 8.02. The maximum absolute atomic E-state index is 14.3. The number of allylic oxidation sites excluding steroid dienone is 1. The zero-order valence-electron chi connectivity index (χ0n) is 22.6. The molecule has 0 radical (unpaired) electrons. The second kappa shape index (κ2) is 11.8. The average molecular weight is 589 g/mol. The van der Waals surface area contributed by atoms with Gasteiger partial charge in [-0.3, -0.25) is 14.3 Å². The van der Waals surface area contributed by atoms with Gasteiger partial charge in [-0.1, -0.05) is 18.2 Å². The van der Waals surface area contributed by atoms with Crippen LogP contribution >= 0.6 is 0 Å². The molecular formula is C29H25FN6O5S. The Labute approximate surface area is 240 Å². The molecule has 42 heavy (non-hydrogen) atoms. The van der Waals surface area contributed by atoms with Gasteiger partial charge in [-0.15, -0.1) is 0 Å². The van der Waals surface area contributed by atoms with Gasteiger partial charge in [0.25, 0.3) is 10.0 Å². The Balaban J connectivity index is 1.47. The zero-order chi connectivity index (χ0) is 29.9. The average Bonchev–Trinajstić information content (AvgIpc) is 2.99. The summed E-state index contributed by atoms with van der Waals surface area (Å²) in [6, 6.07) is 10.0. The Morgan fingerprint density at radius 3 is 2.62 bits per heavy atom. The molecule has 0 spiro atoms. The summed E-state index contributed by atoms with van der Waals surface area (Å²) in [5.74, 6) is -1.35. The second-order valence-corrected chi connectivity index (χ2v) is 11.0. The number of carbonyl (C=O) groups excluding carboxylic acids is 2. The van der Waals surface area contributed by atoms with E-state index in [1.165, 1.54) is 56.9 Å². The Morgan fingerprint density at radius 2 is 1.90 bits per heavy atom. The van der Waals surface area contributed by atoms with Crippen molar-refractivity contribution >= 4 is 44.0 Å². The van der Waals surface area contributed by atoms with E-state index >= 15 is 0 Å². The molecule has 0 unspecified atom stereocenters. The fraction of sp³-hybridized carbons (Fsp3) is 0.172. The molecule has 214 valence electrons. The highest BCUT2D eigenvalue weighted by atomic mass is 32.2. The number of carbonyl (C=O) groups is 2. The van der Waals surface area contributed by atoms with Gasteiger partial charge in [0.1, 0.15) is 28.2 Å². The fourth-order valence-corrected chi connectivity index (χ4v) is 5.53. The molecule has 1 aliphatic heterocycles. The molecule has 4 heterocycles. The van der Waals surface area contributed by atoms with Crippen molar-refractivity contribution < 1.29 is 27.1 Å². The van der Waals surface area contributed by atoms with Gasteiger partial charge in [0.05, 0.1) is 24.0 Å². The number of sulfonamides is 1. The Hall–Kier alpha value is -5.04. The van der Waals surface area contributed by atoms with Crippen molar-refractivity contribution in [2.75, 3.05) is 24.9 Å². The Morgan fingerprint density at radius 1 is 1.10 bits per heavy atom. The number of halogens is 1. The molecule has 0 fully saturated rings. The first-order valence-electron chi connectivity index (χ1n) is 12.8. The van der Waals surface area contributed by atoms with Gasteiger partial charge in [0.15, 0.2) is 5.78 Å². The lowest BCUT2D eigenvalue weighted by Gasteiger charge is -2.25. The number of rotatable bonds is 8. The molecule has 13 heteroatoms. The van der Waals surface area contributed by atoms with E-state index in [-0.39, 0.29) is 23.3 Å². The highest BCUT2D eigenvalue weighted by Gasteiger charge is 2.23. The van der Waals surface area contributed by atoms with Crippen LogP contribution in [0, 0.1) is 5.82 Å². The summed E-state index contributed by atoms with van der Waals surface area (Å²) in [4.78, 5) is 42.4. The van der Waals surface area contributed by atoms with Crippen LogP contribution in [0.5, 0.6) is 5.88 Å². The largest absolute Gasteiger partial charge is 0.480 e. The van der Waals surface area contributed by atoms with Gasteiger partial charge in [0, 0.05) is 30.9 Å². The third-order valence-electron chi connectivity index (χ3n) is 6.48. The van der Waals surface area contributed by atoms with Gasteiger partial charge >= 0.3 is 0 Å². The summed E-state index contributed by atoms with van der Waals surface area (Å²) in [6.45, 7) is 2.16. The van der Waals surface area contributed by atoms with Gasteiger partial charge in [-0.2, -0.15) is 0 Å². The van der Waals surface area contributed by atoms with Crippen LogP contribution < -0.4 is 9.46 Å². The number of hydrogen-bond donors (Lipinski definition) is 1. The molecule has 5 rings (SSSR count). The van der Waals surface area contributed by atoms with Crippen LogP contribution in [0.4, 0.5) is 10.1 Å². The molecule has 1 aliphatic rings. The van der Waals surface area contributed by atoms with Crippen LogP contribution in [0.1, 0.15) is 19.0 Å². The van der Waals surface area contributed by atoms with Crippen LogP contribution in [-0.2, 0) is 19.6 Å². The van der Waals surface area contributed by atoms with E-state index < -0.39 is 20.7 Å². The number of nitrogens with zero attached hydrogens (tertiary/aromatic N) is 5. The lowest BCUT2D eigenvalue weighted by molar-refractivity contribution is -0.126. The van der Waals surface area contributed by atoms with E-state index in [4.69, 9.17) is 9.72 Å². The molecule has 4 aromatic rings. The van der Waals surface area contributed by atoms with Crippen LogP contribution in [0.25, 0.3) is 27.9 Å². The number of methoxy groups -OCH3 is 1. The number of hydrogen-bond acceptors (Lipinski definition) is 9. The molecule has 1 aromatic carbocycles. The second-order valence-electron chi connectivity index (χ2n) is 9.31. The lowest BCUT2D eigenvalue weighted by Crippen LogP contribution is -2.33. The minimum atomic E-state index is -4.29. The van der Waals surface area contributed by atoms with Crippen molar-refractivity contribution in [1.29, 1.82) is 0 Å². The molecular weight excluding hydrogens is 563 g/mol. The Bertz CT molecular complexity index is 1880. The number of anilines is 1. The number of benzene rings is 1. The van der Waals surface area contributed by atoms with E-state index in [0.717, 1.165) is 17.7 Å². The van der Waals surface area contributed by atoms with E-state index in [1.807, 2.05) is 6.08 Å². The highest BCUT2D eigenvalue weighted by Crippen LogP contribution is 2.32. The van der Waals surface area contributed by atoms with Crippen LogP contribution in [0.2, 0.25) is 0 Å². The first-order chi connectivity index (χ1) is 20.2. The van der Waals surface area contributed by atoms with E-state index in [2.05, 4.69) is 19.7 Å². The molecule has 3 aromatic heterocycles. The van der Waals surface area contributed by atoms with Crippen molar-refractivity contribution in [3.05, 3.63) is 84.7 Å². The first-order valence-corrected chi connectivity index (χ1v) is 14.2. The molecule has 11 nitrogen and oxygen atoms in total. The summed E-state index contributed by atoms with van der Waals surface area (Å²) >= 11 is 0. The summed E-state index contributed by atoms with van der Waals surface area (Å²) in [6.07, 6.45) is 7.85. The normalized spacial score (nSPS) is 13.7. The van der Waals surface area contributed by atoms with E-state index in [9.17, 15) is 22.4 Å². The van der Waals surface area contributed by atoms with Crippen molar-refractivity contribution in [3.63, 3.8) is 0 Å². The zero-order valence-corrected chi connectivity index (χ0v) is 23.4. The van der Waals surface area contributed by atoms with Gasteiger partial charge < -0.3 is 9.64 Å². The van der Waals surface area contributed by atoms with Gasteiger partial charge in [-0.05, 0) is 55.3 Å². The van der Waals surface area contributed by atoms with Gasteiger partial charge in [0.2, 0.25) is 11.8 Å². The van der Waals surface area contributed by atoms with E-state index in [0.29, 0.717) is 47.5 Å². The fourth-order valence-electron chi connectivity index (χ4n) is 4.40. The quantitative estimate of drug-likeness (QED) is 0.304. The number of pyridine rings is 2. The molecule has 0 atom stereocenters. The molecule has 1 amide bonds. The maximum atomic E-state index is 14.3. The maximum Gasteiger partial charge on any atom is 0.264 e. The molecule has 0 saturated heterocycles. The van der Waals surface area contributed by atoms with E-state index in [1.54, 1.807) is 17.0 Å². The van der Waals surface area contributed by atoms with Crippen molar-refractivity contribution in [3.8, 4) is 17.1 Å². The summed E-state index contributed by atoms with van der Waals surface area (Å²) in [5.41, 5.74) is 3.53. The standard InChI is InChI=1S/C29H25FN6O5S/c1-18(37)7-10-26(38)36-13-11-19(12-14-36)27-28-23(32-17-33-27)9-8-22(34-28)20-15-24(29(41-2)31-16-20)35-42(39,40)25-6-4-3-5-21(25)30/h3-11,15-17,35H,12-14H2,1-2H3/b10-7+. The van der Waals surface area contributed by atoms with Crippen LogP contribution in [0.3, 0.4) is 0 Å². The number of ether oxygens (including phenoxy) is 1. The minimum Gasteiger partial charge on any atom is -0.480 e. The van der Waals surface area contributed by atoms with Crippen molar-refractivity contribution in [2.24, 2.45) is 0 Å². The minimum absolute atomic E-state index is 0.00301.